The van der Waals surface area contributed by atoms with Crippen molar-refractivity contribution < 1.29 is 14.3 Å². The molecule has 0 radical (unpaired) electrons. The second-order valence-corrected chi connectivity index (χ2v) is 6.90. The van der Waals surface area contributed by atoms with Crippen LogP contribution in [0.15, 0.2) is 42.5 Å². The summed E-state index contributed by atoms with van der Waals surface area (Å²) in [6.45, 7) is 3.66. The molecule has 1 fully saturated rings. The maximum Gasteiger partial charge on any atom is 0.244 e. The van der Waals surface area contributed by atoms with Gasteiger partial charge in [0.1, 0.15) is 17.5 Å². The monoisotopic (exact) mass is 368 g/mol. The molecule has 1 aliphatic heterocycles. The maximum atomic E-state index is 12.7. The van der Waals surface area contributed by atoms with Gasteiger partial charge in [0.25, 0.3) is 0 Å². The first kappa shape index (κ1) is 19.1. The average Bonchev–Trinajstić information content (AvgIpc) is 2.73. The minimum Gasteiger partial charge on any atom is -0.497 e. The fraction of sp³-hybridized carbons (Fsp3) is 0.409. The molecule has 3 rings (SSSR count). The summed E-state index contributed by atoms with van der Waals surface area (Å²) in [5.74, 6) is 1.77. The number of hydrogen-bond acceptors (Lipinski definition) is 4. The molecule has 1 heterocycles. The first-order valence-electron chi connectivity index (χ1n) is 9.50. The summed E-state index contributed by atoms with van der Waals surface area (Å²) in [4.78, 5) is 14.6. The lowest BCUT2D eigenvalue weighted by atomic mass is 10.0. The smallest absolute Gasteiger partial charge is 0.244 e. The number of nitrogens with one attached hydrogen (secondary N) is 1. The quantitative estimate of drug-likeness (QED) is 0.831. The van der Waals surface area contributed by atoms with Crippen LogP contribution in [0.25, 0.3) is 11.1 Å². The van der Waals surface area contributed by atoms with Crippen LogP contribution in [-0.4, -0.2) is 44.2 Å². The van der Waals surface area contributed by atoms with Crippen LogP contribution in [0.5, 0.6) is 11.5 Å². The van der Waals surface area contributed by atoms with E-state index < -0.39 is 0 Å². The number of anilines is 1. The number of rotatable bonds is 6. The number of carbonyl (C=O) groups excluding carboxylic acids is 1. The van der Waals surface area contributed by atoms with Crippen molar-refractivity contribution in [2.45, 2.75) is 32.2 Å². The number of likely N-dealkylation sites (tertiary alicyclic amines) is 1. The molecular formula is C22H28N2O3. The van der Waals surface area contributed by atoms with E-state index >= 15 is 0 Å². The van der Waals surface area contributed by atoms with Crippen LogP contribution >= 0.6 is 0 Å². The largest absolute Gasteiger partial charge is 0.497 e. The van der Waals surface area contributed by atoms with E-state index in [4.69, 9.17) is 9.47 Å². The number of nitrogens with zero attached hydrogens (tertiary/aromatic N) is 1. The van der Waals surface area contributed by atoms with Gasteiger partial charge < -0.3 is 19.7 Å². The summed E-state index contributed by atoms with van der Waals surface area (Å²) in [5.41, 5.74) is 2.91. The molecule has 1 aliphatic rings. The summed E-state index contributed by atoms with van der Waals surface area (Å²) in [5, 5.41) is 3.35. The first-order valence-corrected chi connectivity index (χ1v) is 9.50. The molecule has 1 saturated heterocycles. The molecule has 5 heteroatoms. The van der Waals surface area contributed by atoms with Crippen LogP contribution in [0.2, 0.25) is 0 Å². The Morgan fingerprint density at radius 2 is 1.70 bits per heavy atom. The summed E-state index contributed by atoms with van der Waals surface area (Å²) >= 11 is 0. The fourth-order valence-electron chi connectivity index (χ4n) is 3.49. The molecule has 27 heavy (non-hydrogen) atoms. The lowest BCUT2D eigenvalue weighted by Gasteiger charge is -2.29. The van der Waals surface area contributed by atoms with Gasteiger partial charge in [-0.15, -0.1) is 0 Å². The average molecular weight is 368 g/mol. The minimum atomic E-state index is -0.264. The molecule has 5 nitrogen and oxygen atoms in total. The zero-order valence-corrected chi connectivity index (χ0v) is 16.3. The molecule has 0 aromatic heterocycles. The maximum absolute atomic E-state index is 12.7. The SMILES string of the molecule is COc1ccc(-c2cc(N[C@H](C)C(=O)N3CCCCC3)ccc2OC)cc1. The molecule has 2 aromatic rings. The highest BCUT2D eigenvalue weighted by atomic mass is 16.5. The van der Waals surface area contributed by atoms with E-state index in [-0.39, 0.29) is 11.9 Å². The predicted molar refractivity (Wildman–Crippen MR) is 108 cm³/mol. The van der Waals surface area contributed by atoms with Crippen LogP contribution < -0.4 is 14.8 Å². The van der Waals surface area contributed by atoms with Gasteiger partial charge in [0.2, 0.25) is 5.91 Å². The molecule has 0 spiro atoms. The minimum absolute atomic E-state index is 0.163. The molecule has 0 saturated carbocycles. The third-order valence-electron chi connectivity index (χ3n) is 5.02. The number of ether oxygens (including phenoxy) is 2. The Bertz CT molecular complexity index is 768. The van der Waals surface area contributed by atoms with E-state index in [9.17, 15) is 4.79 Å². The number of amides is 1. The molecule has 1 atom stereocenters. The van der Waals surface area contributed by atoms with E-state index in [1.807, 2.05) is 54.3 Å². The highest BCUT2D eigenvalue weighted by Gasteiger charge is 2.22. The van der Waals surface area contributed by atoms with Crippen LogP contribution in [0.3, 0.4) is 0 Å². The van der Waals surface area contributed by atoms with Crippen LogP contribution in [0, 0.1) is 0 Å². The van der Waals surface area contributed by atoms with Gasteiger partial charge in [0.15, 0.2) is 0 Å². The second kappa shape index (κ2) is 8.80. The van der Waals surface area contributed by atoms with Gasteiger partial charge in [0.05, 0.1) is 14.2 Å². The van der Waals surface area contributed by atoms with Crippen molar-refractivity contribution in [1.29, 1.82) is 0 Å². The number of methoxy groups -OCH3 is 2. The molecule has 1 N–H and O–H groups in total. The Labute approximate surface area is 161 Å². The highest BCUT2D eigenvalue weighted by Crippen LogP contribution is 2.33. The van der Waals surface area contributed by atoms with E-state index in [1.54, 1.807) is 14.2 Å². The standard InChI is InChI=1S/C22H28N2O3/c1-16(22(25)24-13-5-4-6-14-24)23-18-9-12-21(27-3)20(15-18)17-7-10-19(26-2)11-8-17/h7-12,15-16,23H,4-6,13-14H2,1-3H3/t16-/m1/s1. The van der Waals surface area contributed by atoms with Gasteiger partial charge in [-0.3, -0.25) is 4.79 Å². The predicted octanol–water partition coefficient (Wildman–Crippen LogP) is 4.18. The number of hydrogen-bond donors (Lipinski definition) is 1. The van der Waals surface area contributed by atoms with E-state index in [0.29, 0.717) is 0 Å². The van der Waals surface area contributed by atoms with Crippen molar-refractivity contribution in [2.24, 2.45) is 0 Å². The van der Waals surface area contributed by atoms with Crippen LogP contribution in [0.1, 0.15) is 26.2 Å². The lowest BCUT2D eigenvalue weighted by Crippen LogP contribution is -2.43. The van der Waals surface area contributed by atoms with E-state index in [1.165, 1.54) is 6.42 Å². The van der Waals surface area contributed by atoms with Gasteiger partial charge in [-0.25, -0.2) is 0 Å². The van der Waals surface area contributed by atoms with Crippen molar-refractivity contribution in [3.8, 4) is 22.6 Å². The van der Waals surface area contributed by atoms with Crippen molar-refractivity contribution in [3.63, 3.8) is 0 Å². The zero-order valence-electron chi connectivity index (χ0n) is 16.3. The van der Waals surface area contributed by atoms with Crippen molar-refractivity contribution in [3.05, 3.63) is 42.5 Å². The van der Waals surface area contributed by atoms with Gasteiger partial charge >= 0.3 is 0 Å². The highest BCUT2D eigenvalue weighted by molar-refractivity contribution is 5.85. The molecule has 2 aromatic carbocycles. The van der Waals surface area contributed by atoms with Crippen LogP contribution in [-0.2, 0) is 4.79 Å². The van der Waals surface area contributed by atoms with Crippen molar-refractivity contribution in [2.75, 3.05) is 32.6 Å². The summed E-state index contributed by atoms with van der Waals surface area (Å²) in [6.07, 6.45) is 3.42. The van der Waals surface area contributed by atoms with Gasteiger partial charge in [-0.05, 0) is 62.1 Å². The number of piperidine rings is 1. The third kappa shape index (κ3) is 4.54. The fourth-order valence-corrected chi connectivity index (χ4v) is 3.49. The second-order valence-electron chi connectivity index (χ2n) is 6.90. The molecule has 1 amide bonds. The molecule has 0 bridgehead atoms. The number of benzene rings is 2. The van der Waals surface area contributed by atoms with Crippen molar-refractivity contribution >= 4 is 11.6 Å². The van der Waals surface area contributed by atoms with E-state index in [2.05, 4.69) is 5.32 Å². The Morgan fingerprint density at radius 1 is 1.00 bits per heavy atom. The molecule has 0 unspecified atom stereocenters. The normalized spacial score (nSPS) is 15.1. The summed E-state index contributed by atoms with van der Waals surface area (Å²) < 4.78 is 10.8. The third-order valence-corrected chi connectivity index (χ3v) is 5.02. The van der Waals surface area contributed by atoms with Gasteiger partial charge in [-0.1, -0.05) is 12.1 Å². The summed E-state index contributed by atoms with van der Waals surface area (Å²) in [7, 11) is 3.32. The zero-order chi connectivity index (χ0) is 19.2. The molecule has 144 valence electrons. The van der Waals surface area contributed by atoms with Gasteiger partial charge in [0, 0.05) is 24.3 Å². The van der Waals surface area contributed by atoms with Gasteiger partial charge in [-0.2, -0.15) is 0 Å². The van der Waals surface area contributed by atoms with E-state index in [0.717, 1.165) is 54.2 Å². The molecular weight excluding hydrogens is 340 g/mol. The topological polar surface area (TPSA) is 50.8 Å². The lowest BCUT2D eigenvalue weighted by molar-refractivity contribution is -0.132. The summed E-state index contributed by atoms with van der Waals surface area (Å²) in [6, 6.07) is 13.5. The number of carbonyl (C=O) groups is 1. The Balaban J connectivity index is 1.78. The Kier molecular flexibility index (Phi) is 6.22. The first-order chi connectivity index (χ1) is 13.1. The van der Waals surface area contributed by atoms with Crippen LogP contribution in [0.4, 0.5) is 5.69 Å². The Morgan fingerprint density at radius 3 is 2.33 bits per heavy atom. The Hall–Kier alpha value is -2.69. The molecule has 0 aliphatic carbocycles. The van der Waals surface area contributed by atoms with Crippen molar-refractivity contribution in [1.82, 2.24) is 4.90 Å².